The van der Waals surface area contributed by atoms with E-state index in [2.05, 4.69) is 0 Å². The van der Waals surface area contributed by atoms with Crippen molar-refractivity contribution in [1.82, 2.24) is 9.80 Å². The summed E-state index contributed by atoms with van der Waals surface area (Å²) in [6.07, 6.45) is 3.74. The Morgan fingerprint density at radius 3 is 2.39 bits per heavy atom. The topological polar surface area (TPSA) is 75.9 Å². The van der Waals surface area contributed by atoms with Gasteiger partial charge in [-0.15, -0.1) is 12.4 Å². The van der Waals surface area contributed by atoms with Crippen molar-refractivity contribution < 1.29 is 14.3 Å². The number of likely N-dealkylation sites (tertiary alicyclic amines) is 2. The van der Waals surface area contributed by atoms with Gasteiger partial charge in [-0.1, -0.05) is 18.2 Å². The molecule has 1 aromatic carbocycles. The minimum absolute atomic E-state index is 0. The molecule has 3 atom stereocenters. The summed E-state index contributed by atoms with van der Waals surface area (Å²) >= 11 is 0. The van der Waals surface area contributed by atoms with Crippen LogP contribution in [0.25, 0.3) is 0 Å². The van der Waals surface area contributed by atoms with Crippen molar-refractivity contribution >= 4 is 24.2 Å². The molecular formula is C21H30ClN3O3. The summed E-state index contributed by atoms with van der Waals surface area (Å²) in [5.41, 5.74) is 6.19. The quantitative estimate of drug-likeness (QED) is 0.827. The van der Waals surface area contributed by atoms with Gasteiger partial charge in [0.05, 0.1) is 0 Å². The van der Waals surface area contributed by atoms with E-state index in [1.54, 1.807) is 0 Å². The molecule has 0 spiro atoms. The van der Waals surface area contributed by atoms with Crippen LogP contribution >= 0.6 is 12.4 Å². The molecule has 154 valence electrons. The van der Waals surface area contributed by atoms with Gasteiger partial charge in [-0.3, -0.25) is 9.59 Å². The molecule has 3 aliphatic rings. The van der Waals surface area contributed by atoms with Crippen molar-refractivity contribution in [2.45, 2.75) is 31.7 Å². The number of ether oxygens (including phenoxy) is 1. The average molecular weight is 408 g/mol. The number of hydrogen-bond acceptors (Lipinski definition) is 4. The monoisotopic (exact) mass is 407 g/mol. The summed E-state index contributed by atoms with van der Waals surface area (Å²) in [7, 11) is 0. The molecule has 6 nitrogen and oxygen atoms in total. The van der Waals surface area contributed by atoms with Crippen LogP contribution in [0.1, 0.15) is 25.7 Å². The number of carbonyl (C=O) groups excluding carboxylic acids is 2. The van der Waals surface area contributed by atoms with E-state index in [0.717, 1.165) is 38.8 Å². The number of benzene rings is 1. The van der Waals surface area contributed by atoms with Crippen LogP contribution in [0.2, 0.25) is 0 Å². The fourth-order valence-electron chi connectivity index (χ4n) is 4.87. The predicted molar refractivity (Wildman–Crippen MR) is 109 cm³/mol. The van der Waals surface area contributed by atoms with Crippen LogP contribution in [0.4, 0.5) is 0 Å². The summed E-state index contributed by atoms with van der Waals surface area (Å²) in [6, 6.07) is 9.63. The van der Waals surface area contributed by atoms with Gasteiger partial charge in [0, 0.05) is 38.1 Å². The smallest absolute Gasteiger partial charge is 0.260 e. The Morgan fingerprint density at radius 1 is 1.00 bits per heavy atom. The minimum Gasteiger partial charge on any atom is -0.484 e. The number of piperidine rings is 1. The molecule has 2 N–H and O–H groups in total. The molecule has 4 rings (SSSR count). The van der Waals surface area contributed by atoms with Crippen LogP contribution < -0.4 is 10.5 Å². The summed E-state index contributed by atoms with van der Waals surface area (Å²) in [5, 5.41) is 0. The number of nitrogens with zero attached hydrogens (tertiary/aromatic N) is 2. The molecule has 1 aromatic rings. The van der Waals surface area contributed by atoms with Crippen molar-refractivity contribution in [3.8, 4) is 5.75 Å². The van der Waals surface area contributed by atoms with Gasteiger partial charge >= 0.3 is 0 Å². The fourth-order valence-corrected chi connectivity index (χ4v) is 4.87. The summed E-state index contributed by atoms with van der Waals surface area (Å²) in [6.45, 7) is 3.02. The first-order valence-corrected chi connectivity index (χ1v) is 10.1. The number of rotatable bonds is 4. The molecule has 3 fully saturated rings. The molecule has 2 aliphatic heterocycles. The van der Waals surface area contributed by atoms with E-state index in [-0.39, 0.29) is 42.8 Å². The standard InChI is InChI=1S/C21H29N3O3.ClH/c22-19-7-6-16-12-24(13-18(16)19)21(26)15-8-10-23(11-9-15)20(25)14-27-17-4-2-1-3-5-17;/h1-5,15-16,18-19H,6-14,22H2;1H. The molecule has 2 heterocycles. The van der Waals surface area contributed by atoms with Crippen LogP contribution in [0.3, 0.4) is 0 Å². The zero-order valence-electron chi connectivity index (χ0n) is 16.2. The number of halogens is 1. The molecule has 0 radical (unpaired) electrons. The lowest BCUT2D eigenvalue weighted by Gasteiger charge is -2.33. The molecule has 1 aliphatic carbocycles. The number of amides is 2. The highest BCUT2D eigenvalue weighted by Gasteiger charge is 2.43. The van der Waals surface area contributed by atoms with Gasteiger partial charge in [0.25, 0.3) is 5.91 Å². The number of carbonyl (C=O) groups is 2. The highest BCUT2D eigenvalue weighted by atomic mass is 35.5. The van der Waals surface area contributed by atoms with Gasteiger partial charge in [0.1, 0.15) is 5.75 Å². The van der Waals surface area contributed by atoms with Crippen LogP contribution in [-0.4, -0.2) is 60.4 Å². The van der Waals surface area contributed by atoms with Gasteiger partial charge in [0.2, 0.25) is 5.91 Å². The van der Waals surface area contributed by atoms with E-state index in [4.69, 9.17) is 10.5 Å². The molecule has 2 saturated heterocycles. The molecule has 3 unspecified atom stereocenters. The maximum absolute atomic E-state index is 12.9. The molecule has 1 saturated carbocycles. The van der Waals surface area contributed by atoms with Crippen molar-refractivity contribution in [3.05, 3.63) is 30.3 Å². The Hall–Kier alpha value is -1.79. The lowest BCUT2D eigenvalue weighted by Crippen LogP contribution is -2.45. The predicted octanol–water partition coefficient (Wildman–Crippen LogP) is 1.92. The minimum atomic E-state index is -0.00794. The number of nitrogens with two attached hydrogens (primary N) is 1. The zero-order chi connectivity index (χ0) is 18.8. The van der Waals surface area contributed by atoms with Crippen molar-refractivity contribution in [1.29, 1.82) is 0 Å². The van der Waals surface area contributed by atoms with E-state index >= 15 is 0 Å². The van der Waals surface area contributed by atoms with E-state index in [9.17, 15) is 9.59 Å². The SMILES string of the molecule is Cl.NC1CCC2CN(C(=O)C3CCN(C(=O)COc4ccccc4)CC3)CC12. The van der Waals surface area contributed by atoms with Crippen LogP contribution in [0, 0.1) is 17.8 Å². The van der Waals surface area contributed by atoms with Crippen molar-refractivity contribution in [2.75, 3.05) is 32.8 Å². The number of fused-ring (bicyclic) bond motifs is 1. The third kappa shape index (κ3) is 4.44. The van der Waals surface area contributed by atoms with E-state index in [0.29, 0.717) is 30.7 Å². The maximum atomic E-state index is 12.9. The zero-order valence-corrected chi connectivity index (χ0v) is 17.0. The molecular weight excluding hydrogens is 378 g/mol. The second-order valence-electron chi connectivity index (χ2n) is 8.17. The van der Waals surface area contributed by atoms with Crippen LogP contribution in [-0.2, 0) is 9.59 Å². The van der Waals surface area contributed by atoms with E-state index in [1.807, 2.05) is 40.1 Å². The lowest BCUT2D eigenvalue weighted by molar-refractivity contribution is -0.141. The Balaban J connectivity index is 0.00000225. The normalized spacial score (nSPS) is 27.2. The second kappa shape index (κ2) is 9.14. The largest absolute Gasteiger partial charge is 0.484 e. The van der Waals surface area contributed by atoms with Crippen LogP contribution in [0.5, 0.6) is 5.75 Å². The molecule has 0 aromatic heterocycles. The molecule has 2 amide bonds. The Labute approximate surface area is 172 Å². The fraction of sp³-hybridized carbons (Fsp3) is 0.619. The van der Waals surface area contributed by atoms with Crippen LogP contribution in [0.15, 0.2) is 30.3 Å². The van der Waals surface area contributed by atoms with Crippen molar-refractivity contribution in [2.24, 2.45) is 23.5 Å². The third-order valence-electron chi connectivity index (χ3n) is 6.53. The Morgan fingerprint density at radius 2 is 1.71 bits per heavy atom. The highest BCUT2D eigenvalue weighted by molar-refractivity contribution is 5.85. The molecule has 0 bridgehead atoms. The summed E-state index contributed by atoms with van der Waals surface area (Å²) < 4.78 is 5.55. The van der Waals surface area contributed by atoms with E-state index in [1.165, 1.54) is 0 Å². The van der Waals surface area contributed by atoms with Gasteiger partial charge in [-0.05, 0) is 49.7 Å². The first-order valence-electron chi connectivity index (χ1n) is 10.1. The van der Waals surface area contributed by atoms with E-state index < -0.39 is 0 Å². The summed E-state index contributed by atoms with van der Waals surface area (Å²) in [4.78, 5) is 29.1. The first kappa shape index (κ1) is 20.9. The number of para-hydroxylation sites is 1. The maximum Gasteiger partial charge on any atom is 0.260 e. The first-order chi connectivity index (χ1) is 13.1. The molecule has 28 heavy (non-hydrogen) atoms. The molecule has 7 heteroatoms. The lowest BCUT2D eigenvalue weighted by atomic mass is 9.95. The third-order valence-corrected chi connectivity index (χ3v) is 6.53. The average Bonchev–Trinajstić information content (AvgIpc) is 3.29. The van der Waals surface area contributed by atoms with Crippen molar-refractivity contribution in [3.63, 3.8) is 0 Å². The second-order valence-corrected chi connectivity index (χ2v) is 8.17. The van der Waals surface area contributed by atoms with Gasteiger partial charge < -0.3 is 20.3 Å². The number of hydrogen-bond donors (Lipinski definition) is 1. The highest BCUT2D eigenvalue weighted by Crippen LogP contribution is 2.38. The van der Waals surface area contributed by atoms with Gasteiger partial charge in [-0.2, -0.15) is 0 Å². The Kier molecular flexibility index (Phi) is 6.83. The Bertz CT molecular complexity index is 679. The van der Waals surface area contributed by atoms with Gasteiger partial charge in [-0.25, -0.2) is 0 Å². The summed E-state index contributed by atoms with van der Waals surface area (Å²) in [5.74, 6) is 2.09. The van der Waals surface area contributed by atoms with Gasteiger partial charge in [0.15, 0.2) is 6.61 Å².